The van der Waals surface area contributed by atoms with E-state index in [-0.39, 0.29) is 30.8 Å². The van der Waals surface area contributed by atoms with Crippen molar-refractivity contribution in [3.63, 3.8) is 0 Å². The third-order valence-corrected chi connectivity index (χ3v) is 5.32. The molecule has 5 heteroatoms. The van der Waals surface area contributed by atoms with Gasteiger partial charge in [-0.05, 0) is 44.4 Å². The van der Waals surface area contributed by atoms with Gasteiger partial charge in [-0.1, -0.05) is 43.7 Å². The van der Waals surface area contributed by atoms with Crippen molar-refractivity contribution in [2.24, 2.45) is 5.92 Å². The summed E-state index contributed by atoms with van der Waals surface area (Å²) in [5, 5.41) is 0. The normalized spacial score (nSPS) is 12.1. The lowest BCUT2D eigenvalue weighted by molar-refractivity contribution is -0.146. The van der Waals surface area contributed by atoms with Gasteiger partial charge in [0.15, 0.2) is 0 Å². The van der Waals surface area contributed by atoms with Gasteiger partial charge in [0.05, 0.1) is 19.6 Å². The first-order chi connectivity index (χ1) is 13.8. The Bertz CT molecular complexity index is 810. The number of aromatic nitrogens is 1. The van der Waals surface area contributed by atoms with E-state index in [1.165, 1.54) is 11.1 Å². The number of benzene rings is 1. The lowest BCUT2D eigenvalue weighted by atomic mass is 10.0. The quantitative estimate of drug-likeness (QED) is 0.551. The van der Waals surface area contributed by atoms with Crippen LogP contribution in [0.25, 0.3) is 0 Å². The van der Waals surface area contributed by atoms with Crippen molar-refractivity contribution in [2.75, 3.05) is 6.61 Å². The van der Waals surface area contributed by atoms with Crippen LogP contribution < -0.4 is 0 Å². The number of hydrogen-bond donors (Lipinski definition) is 0. The second kappa shape index (κ2) is 10.8. The summed E-state index contributed by atoms with van der Waals surface area (Å²) in [6.07, 6.45) is 2.35. The molecule has 2 rings (SSSR count). The van der Waals surface area contributed by atoms with Crippen molar-refractivity contribution in [3.8, 4) is 0 Å². The summed E-state index contributed by atoms with van der Waals surface area (Å²) in [5.41, 5.74) is 3.56. The van der Waals surface area contributed by atoms with E-state index in [0.29, 0.717) is 19.1 Å². The molecule has 0 unspecified atom stereocenters. The maximum Gasteiger partial charge on any atom is 0.306 e. The molecule has 0 spiro atoms. The van der Waals surface area contributed by atoms with Crippen molar-refractivity contribution in [3.05, 3.63) is 59.4 Å². The standard InChI is InChI=1S/C24H34N2O3/c1-6-29-24(28)13-12-23(27)26(20(5)18(2)3)17-22-11-8-14-25(22)16-21-10-7-9-19(4)15-21/h7-11,14-15,18,20H,6,12-13,16-17H2,1-5H3/t20-/m1/s1. The Hall–Kier alpha value is -2.56. The smallest absolute Gasteiger partial charge is 0.306 e. The molecule has 1 atom stereocenters. The molecule has 0 aliphatic heterocycles. The summed E-state index contributed by atoms with van der Waals surface area (Å²) in [6.45, 7) is 11.8. The number of rotatable bonds is 10. The number of ether oxygens (including phenoxy) is 1. The van der Waals surface area contributed by atoms with Gasteiger partial charge < -0.3 is 14.2 Å². The van der Waals surface area contributed by atoms with E-state index in [1.807, 2.05) is 11.0 Å². The van der Waals surface area contributed by atoms with Crippen LogP contribution in [0.4, 0.5) is 0 Å². The highest BCUT2D eigenvalue weighted by Gasteiger charge is 2.24. The van der Waals surface area contributed by atoms with Crippen molar-refractivity contribution in [2.45, 2.75) is 66.6 Å². The SMILES string of the molecule is CCOC(=O)CCC(=O)N(Cc1cccn1Cc1cccc(C)c1)[C@H](C)C(C)C. The number of aryl methyl sites for hydroxylation is 1. The minimum atomic E-state index is -0.319. The zero-order chi connectivity index (χ0) is 21.4. The lowest BCUT2D eigenvalue weighted by Crippen LogP contribution is -2.41. The first-order valence-electron chi connectivity index (χ1n) is 10.5. The van der Waals surface area contributed by atoms with E-state index in [0.717, 1.165) is 12.2 Å². The average molecular weight is 399 g/mol. The molecule has 158 valence electrons. The van der Waals surface area contributed by atoms with Crippen LogP contribution in [-0.4, -0.2) is 34.0 Å². The van der Waals surface area contributed by atoms with Crippen molar-refractivity contribution < 1.29 is 14.3 Å². The van der Waals surface area contributed by atoms with Gasteiger partial charge in [0.2, 0.25) is 5.91 Å². The summed E-state index contributed by atoms with van der Waals surface area (Å²) in [7, 11) is 0. The van der Waals surface area contributed by atoms with Gasteiger partial charge in [-0.25, -0.2) is 0 Å². The zero-order valence-electron chi connectivity index (χ0n) is 18.4. The van der Waals surface area contributed by atoms with Crippen LogP contribution in [0, 0.1) is 12.8 Å². The molecular formula is C24H34N2O3. The molecule has 5 nitrogen and oxygen atoms in total. The molecule has 1 amide bonds. The van der Waals surface area contributed by atoms with E-state index < -0.39 is 0 Å². The molecule has 0 saturated heterocycles. The summed E-state index contributed by atoms with van der Waals surface area (Å²) in [6, 6.07) is 12.6. The Morgan fingerprint density at radius 2 is 1.86 bits per heavy atom. The molecule has 0 radical (unpaired) electrons. The Labute approximate surface area is 174 Å². The molecule has 0 aliphatic carbocycles. The minimum Gasteiger partial charge on any atom is -0.466 e. The lowest BCUT2D eigenvalue weighted by Gasteiger charge is -2.32. The molecule has 0 bridgehead atoms. The number of amides is 1. The summed E-state index contributed by atoms with van der Waals surface area (Å²) < 4.78 is 7.16. The topological polar surface area (TPSA) is 51.5 Å². The fourth-order valence-corrected chi connectivity index (χ4v) is 3.33. The first-order valence-corrected chi connectivity index (χ1v) is 10.5. The molecule has 0 aliphatic rings. The monoisotopic (exact) mass is 398 g/mol. The molecule has 2 aromatic rings. The molecular weight excluding hydrogens is 364 g/mol. The van der Waals surface area contributed by atoms with Gasteiger partial charge in [0.25, 0.3) is 0 Å². The van der Waals surface area contributed by atoms with Gasteiger partial charge in [0.1, 0.15) is 0 Å². The van der Waals surface area contributed by atoms with E-state index in [4.69, 9.17) is 4.74 Å². The highest BCUT2D eigenvalue weighted by Crippen LogP contribution is 2.18. The van der Waals surface area contributed by atoms with E-state index >= 15 is 0 Å². The van der Waals surface area contributed by atoms with Crippen LogP contribution in [0.3, 0.4) is 0 Å². The molecule has 0 fully saturated rings. The van der Waals surface area contributed by atoms with Crippen molar-refractivity contribution >= 4 is 11.9 Å². The summed E-state index contributed by atoms with van der Waals surface area (Å²) in [5.74, 6) is -0.00916. The minimum absolute atomic E-state index is 0.0115. The van der Waals surface area contributed by atoms with Crippen LogP contribution >= 0.6 is 0 Å². The molecule has 0 N–H and O–H groups in total. The molecule has 29 heavy (non-hydrogen) atoms. The van der Waals surface area contributed by atoms with E-state index in [2.05, 4.69) is 68.8 Å². The van der Waals surface area contributed by atoms with E-state index in [9.17, 15) is 9.59 Å². The predicted molar refractivity (Wildman–Crippen MR) is 115 cm³/mol. The third-order valence-electron chi connectivity index (χ3n) is 5.32. The largest absolute Gasteiger partial charge is 0.466 e. The Morgan fingerprint density at radius 3 is 2.52 bits per heavy atom. The molecule has 1 aromatic heterocycles. The number of hydrogen-bond acceptors (Lipinski definition) is 3. The maximum absolute atomic E-state index is 12.9. The van der Waals surface area contributed by atoms with Gasteiger partial charge in [-0.3, -0.25) is 9.59 Å². The molecule has 1 heterocycles. The van der Waals surface area contributed by atoms with Crippen LogP contribution in [0.15, 0.2) is 42.6 Å². The molecule has 1 aromatic carbocycles. The predicted octanol–water partition coefficient (Wildman–Crippen LogP) is 4.56. The number of carbonyl (C=O) groups excluding carboxylic acids is 2. The number of carbonyl (C=O) groups is 2. The van der Waals surface area contributed by atoms with E-state index in [1.54, 1.807) is 6.92 Å². The Morgan fingerprint density at radius 1 is 1.10 bits per heavy atom. The number of esters is 1. The van der Waals surface area contributed by atoms with Gasteiger partial charge in [-0.2, -0.15) is 0 Å². The second-order valence-electron chi connectivity index (χ2n) is 7.93. The van der Waals surface area contributed by atoms with Gasteiger partial charge in [0, 0.05) is 30.9 Å². The molecule has 0 saturated carbocycles. The average Bonchev–Trinajstić information content (AvgIpc) is 3.10. The van der Waals surface area contributed by atoms with Gasteiger partial charge >= 0.3 is 5.97 Å². The Balaban J connectivity index is 2.14. The highest BCUT2D eigenvalue weighted by molar-refractivity contribution is 5.81. The Kier molecular flexibility index (Phi) is 8.50. The highest BCUT2D eigenvalue weighted by atomic mass is 16.5. The van der Waals surface area contributed by atoms with Crippen molar-refractivity contribution in [1.82, 2.24) is 9.47 Å². The summed E-state index contributed by atoms with van der Waals surface area (Å²) >= 11 is 0. The second-order valence-corrected chi connectivity index (χ2v) is 7.93. The van der Waals surface area contributed by atoms with Crippen LogP contribution in [0.2, 0.25) is 0 Å². The zero-order valence-corrected chi connectivity index (χ0v) is 18.4. The first kappa shape index (κ1) is 22.7. The van der Waals surface area contributed by atoms with Gasteiger partial charge in [-0.15, -0.1) is 0 Å². The maximum atomic E-state index is 12.9. The van der Waals surface area contributed by atoms with Crippen LogP contribution in [0.5, 0.6) is 0 Å². The number of nitrogens with zero attached hydrogens (tertiary/aromatic N) is 2. The van der Waals surface area contributed by atoms with Crippen molar-refractivity contribution in [1.29, 1.82) is 0 Å². The van der Waals surface area contributed by atoms with Crippen LogP contribution in [0.1, 0.15) is 57.4 Å². The fourth-order valence-electron chi connectivity index (χ4n) is 3.33. The summed E-state index contributed by atoms with van der Waals surface area (Å²) in [4.78, 5) is 26.5. The third kappa shape index (κ3) is 6.77. The van der Waals surface area contributed by atoms with Crippen LogP contribution in [-0.2, 0) is 27.4 Å². The fraction of sp³-hybridized carbons (Fsp3) is 0.500.